The number of rotatable bonds is 4. The third-order valence-corrected chi connectivity index (χ3v) is 5.62. The topological polar surface area (TPSA) is 68.0 Å². The second-order valence-electron chi connectivity index (χ2n) is 4.70. The molecule has 1 aliphatic carbocycles. The predicted molar refractivity (Wildman–Crippen MR) is 78.2 cm³/mol. The van der Waals surface area contributed by atoms with Crippen LogP contribution in [0.15, 0.2) is 5.38 Å². The van der Waals surface area contributed by atoms with E-state index in [0.717, 1.165) is 6.54 Å². The van der Waals surface area contributed by atoms with Gasteiger partial charge in [0.15, 0.2) is 5.13 Å². The van der Waals surface area contributed by atoms with Crippen LogP contribution in [0, 0.1) is 0 Å². The molecule has 1 heterocycles. The lowest BCUT2D eigenvalue weighted by Crippen LogP contribution is -2.41. The second-order valence-corrected chi connectivity index (χ2v) is 6.87. The van der Waals surface area contributed by atoms with E-state index in [0.29, 0.717) is 10.8 Å². The lowest BCUT2D eigenvalue weighted by atomic mass is 9.88. The van der Waals surface area contributed by atoms with E-state index < -0.39 is 0 Å². The van der Waals surface area contributed by atoms with Crippen molar-refractivity contribution < 1.29 is 4.79 Å². The summed E-state index contributed by atoms with van der Waals surface area (Å²) in [5.74, 6) is -0.109. The van der Waals surface area contributed by atoms with Gasteiger partial charge in [0.25, 0.3) is 5.91 Å². The minimum absolute atomic E-state index is 0.109. The first-order valence-electron chi connectivity index (χ1n) is 6.20. The van der Waals surface area contributed by atoms with Crippen LogP contribution in [0.25, 0.3) is 0 Å². The predicted octanol–water partition coefficient (Wildman–Crippen LogP) is 2.52. The number of hydrogen-bond acceptors (Lipinski definition) is 5. The molecule has 1 fully saturated rings. The van der Waals surface area contributed by atoms with Crippen molar-refractivity contribution >= 4 is 34.1 Å². The van der Waals surface area contributed by atoms with Crippen molar-refractivity contribution in [1.82, 2.24) is 10.3 Å². The van der Waals surface area contributed by atoms with E-state index >= 15 is 0 Å². The SMILES string of the molecule is CSC1(CNC(=O)c2csc(N)n2)CCCCC1. The fraction of sp³-hybridized carbons (Fsp3) is 0.667. The molecule has 0 bridgehead atoms. The Labute approximate surface area is 116 Å². The van der Waals surface area contributed by atoms with E-state index in [1.807, 2.05) is 11.8 Å². The first-order chi connectivity index (χ1) is 8.65. The van der Waals surface area contributed by atoms with Gasteiger partial charge in [0, 0.05) is 16.7 Å². The highest BCUT2D eigenvalue weighted by molar-refractivity contribution is 8.00. The lowest BCUT2D eigenvalue weighted by Gasteiger charge is -2.35. The molecule has 0 unspecified atom stereocenters. The molecule has 0 aliphatic heterocycles. The van der Waals surface area contributed by atoms with E-state index in [1.54, 1.807) is 5.38 Å². The third-order valence-electron chi connectivity index (χ3n) is 3.52. The highest BCUT2D eigenvalue weighted by Crippen LogP contribution is 2.37. The number of nitrogens with one attached hydrogen (secondary N) is 1. The molecule has 1 amide bonds. The first kappa shape index (κ1) is 13.7. The normalized spacial score (nSPS) is 18.5. The van der Waals surface area contributed by atoms with Gasteiger partial charge in [-0.25, -0.2) is 4.98 Å². The highest BCUT2D eigenvalue weighted by Gasteiger charge is 2.31. The Hall–Kier alpha value is -0.750. The molecule has 4 nitrogen and oxygen atoms in total. The molecule has 2 rings (SSSR count). The Morgan fingerprint density at radius 3 is 2.83 bits per heavy atom. The number of anilines is 1. The molecule has 0 saturated heterocycles. The van der Waals surface area contributed by atoms with Crippen LogP contribution < -0.4 is 11.1 Å². The number of nitrogens with zero attached hydrogens (tertiary/aromatic N) is 1. The Kier molecular flexibility index (Phi) is 4.50. The fourth-order valence-corrected chi connectivity index (χ4v) is 3.83. The van der Waals surface area contributed by atoms with E-state index in [1.165, 1.54) is 43.4 Å². The zero-order valence-electron chi connectivity index (χ0n) is 10.6. The number of nitrogen functional groups attached to an aromatic ring is 1. The van der Waals surface area contributed by atoms with Gasteiger partial charge >= 0.3 is 0 Å². The molecule has 1 aromatic heterocycles. The van der Waals surface area contributed by atoms with Crippen molar-refractivity contribution in [1.29, 1.82) is 0 Å². The molecule has 0 atom stereocenters. The maximum Gasteiger partial charge on any atom is 0.270 e. The van der Waals surface area contributed by atoms with Gasteiger partial charge in [-0.2, -0.15) is 11.8 Å². The van der Waals surface area contributed by atoms with Gasteiger partial charge in [-0.05, 0) is 19.1 Å². The van der Waals surface area contributed by atoms with Gasteiger partial charge in [-0.15, -0.1) is 11.3 Å². The molecule has 0 aromatic carbocycles. The summed E-state index contributed by atoms with van der Waals surface area (Å²) in [6, 6.07) is 0. The van der Waals surface area contributed by atoms with Crippen molar-refractivity contribution in [2.75, 3.05) is 18.5 Å². The number of hydrogen-bond donors (Lipinski definition) is 2. The summed E-state index contributed by atoms with van der Waals surface area (Å²) in [6.45, 7) is 0.727. The quantitative estimate of drug-likeness (QED) is 0.892. The van der Waals surface area contributed by atoms with Crippen LogP contribution in [-0.4, -0.2) is 28.4 Å². The molecular formula is C12H19N3OS2. The number of amides is 1. The third kappa shape index (κ3) is 3.17. The standard InChI is InChI=1S/C12H19N3OS2/c1-17-12(5-3-2-4-6-12)8-14-10(16)9-7-18-11(13)15-9/h7H,2-6,8H2,1H3,(H2,13,15)(H,14,16). The van der Waals surface area contributed by atoms with E-state index in [9.17, 15) is 4.79 Å². The van der Waals surface area contributed by atoms with Crippen LogP contribution in [-0.2, 0) is 0 Å². The fourth-order valence-electron chi connectivity index (χ4n) is 2.37. The van der Waals surface area contributed by atoms with Crippen LogP contribution in [0.4, 0.5) is 5.13 Å². The molecule has 1 aliphatic rings. The van der Waals surface area contributed by atoms with Gasteiger partial charge in [0.1, 0.15) is 5.69 Å². The van der Waals surface area contributed by atoms with E-state index in [4.69, 9.17) is 5.73 Å². The largest absolute Gasteiger partial charge is 0.375 e. The molecule has 18 heavy (non-hydrogen) atoms. The van der Waals surface area contributed by atoms with Crippen molar-refractivity contribution in [2.45, 2.75) is 36.9 Å². The molecule has 6 heteroatoms. The Morgan fingerprint density at radius 1 is 1.56 bits per heavy atom. The number of thioether (sulfide) groups is 1. The van der Waals surface area contributed by atoms with Gasteiger partial charge in [0.05, 0.1) is 0 Å². The van der Waals surface area contributed by atoms with Crippen LogP contribution >= 0.6 is 23.1 Å². The van der Waals surface area contributed by atoms with Crippen LogP contribution in [0.5, 0.6) is 0 Å². The van der Waals surface area contributed by atoms with Gasteiger partial charge < -0.3 is 11.1 Å². The number of aromatic nitrogens is 1. The van der Waals surface area contributed by atoms with Gasteiger partial charge in [-0.1, -0.05) is 19.3 Å². The summed E-state index contributed by atoms with van der Waals surface area (Å²) >= 11 is 3.18. The number of nitrogens with two attached hydrogens (primary N) is 1. The van der Waals surface area contributed by atoms with Crippen LogP contribution in [0.3, 0.4) is 0 Å². The Bertz CT molecular complexity index is 413. The van der Waals surface area contributed by atoms with Crippen molar-refractivity contribution in [2.24, 2.45) is 0 Å². The first-order valence-corrected chi connectivity index (χ1v) is 8.30. The number of thiazole rings is 1. The van der Waals surface area contributed by atoms with Crippen molar-refractivity contribution in [3.05, 3.63) is 11.1 Å². The van der Waals surface area contributed by atoms with Crippen molar-refractivity contribution in [3.63, 3.8) is 0 Å². The summed E-state index contributed by atoms with van der Waals surface area (Å²) in [5.41, 5.74) is 5.97. The average molecular weight is 285 g/mol. The summed E-state index contributed by atoms with van der Waals surface area (Å²) in [5, 5.41) is 5.15. The molecule has 3 N–H and O–H groups in total. The summed E-state index contributed by atoms with van der Waals surface area (Å²) in [7, 11) is 0. The lowest BCUT2D eigenvalue weighted by molar-refractivity contribution is 0.0942. The molecule has 0 radical (unpaired) electrons. The second kappa shape index (κ2) is 5.93. The number of carbonyl (C=O) groups excluding carboxylic acids is 1. The van der Waals surface area contributed by atoms with Crippen molar-refractivity contribution in [3.8, 4) is 0 Å². The summed E-state index contributed by atoms with van der Waals surface area (Å²) < 4.78 is 0.218. The summed E-state index contributed by atoms with van der Waals surface area (Å²) in [4.78, 5) is 15.9. The monoisotopic (exact) mass is 285 g/mol. The minimum Gasteiger partial charge on any atom is -0.375 e. The van der Waals surface area contributed by atoms with Crippen LogP contribution in [0.2, 0.25) is 0 Å². The molecule has 1 saturated carbocycles. The summed E-state index contributed by atoms with van der Waals surface area (Å²) in [6.07, 6.45) is 8.36. The zero-order valence-corrected chi connectivity index (χ0v) is 12.2. The van der Waals surface area contributed by atoms with Gasteiger partial charge in [-0.3, -0.25) is 4.79 Å². The molecule has 0 spiro atoms. The smallest absolute Gasteiger partial charge is 0.270 e. The highest BCUT2D eigenvalue weighted by atomic mass is 32.2. The minimum atomic E-state index is -0.109. The molecule has 1 aromatic rings. The zero-order chi connectivity index (χ0) is 13.0. The average Bonchev–Trinajstić information content (AvgIpc) is 2.84. The molecule has 100 valence electrons. The van der Waals surface area contributed by atoms with Gasteiger partial charge in [0.2, 0.25) is 0 Å². The maximum absolute atomic E-state index is 11.9. The van der Waals surface area contributed by atoms with E-state index in [2.05, 4.69) is 16.6 Å². The molecular weight excluding hydrogens is 266 g/mol. The Morgan fingerprint density at radius 2 is 2.28 bits per heavy atom. The van der Waals surface area contributed by atoms with Crippen LogP contribution in [0.1, 0.15) is 42.6 Å². The number of carbonyl (C=O) groups is 1. The van der Waals surface area contributed by atoms with E-state index in [-0.39, 0.29) is 10.7 Å². The maximum atomic E-state index is 11.9. The Balaban J connectivity index is 1.91.